The maximum Gasteiger partial charge on any atom is 0.161 e. The Morgan fingerprint density at radius 3 is 2.58 bits per heavy atom. The third-order valence-corrected chi connectivity index (χ3v) is 3.94. The molecule has 1 heterocycles. The molecule has 2 unspecified atom stereocenters. The molecule has 1 aliphatic heterocycles. The molecular weight excluding hydrogens is 242 g/mol. The van der Waals surface area contributed by atoms with Gasteiger partial charge in [-0.2, -0.15) is 0 Å². The van der Waals surface area contributed by atoms with Gasteiger partial charge in [0.15, 0.2) is 11.5 Å². The van der Waals surface area contributed by atoms with E-state index in [0.717, 1.165) is 36.1 Å². The Morgan fingerprint density at radius 2 is 1.89 bits per heavy atom. The Balaban J connectivity index is 1.76. The first-order valence-electron chi connectivity index (χ1n) is 6.90. The first-order chi connectivity index (χ1) is 9.31. The van der Waals surface area contributed by atoms with Crippen molar-refractivity contribution in [3.8, 4) is 11.5 Å². The molecule has 0 radical (unpaired) electrons. The lowest BCUT2D eigenvalue weighted by molar-refractivity contribution is -0.0494. The van der Waals surface area contributed by atoms with Crippen molar-refractivity contribution in [1.82, 2.24) is 5.32 Å². The molecule has 4 heteroatoms. The van der Waals surface area contributed by atoms with Crippen LogP contribution in [0.15, 0.2) is 18.2 Å². The van der Waals surface area contributed by atoms with Crippen LogP contribution >= 0.6 is 0 Å². The van der Waals surface area contributed by atoms with Gasteiger partial charge >= 0.3 is 0 Å². The highest BCUT2D eigenvalue weighted by atomic mass is 16.5. The van der Waals surface area contributed by atoms with Gasteiger partial charge < -0.3 is 19.5 Å². The predicted octanol–water partition coefficient (Wildman–Crippen LogP) is 2.14. The number of benzene rings is 1. The maximum absolute atomic E-state index is 6.21. The zero-order chi connectivity index (χ0) is 13.2. The molecule has 1 aromatic carbocycles. The van der Waals surface area contributed by atoms with Crippen LogP contribution in [-0.2, 0) is 4.74 Å². The molecule has 0 amide bonds. The van der Waals surface area contributed by atoms with Crippen LogP contribution in [0.25, 0.3) is 0 Å². The van der Waals surface area contributed by atoms with E-state index < -0.39 is 0 Å². The molecule has 2 atom stereocenters. The second-order valence-corrected chi connectivity index (χ2v) is 5.27. The molecule has 1 aromatic rings. The van der Waals surface area contributed by atoms with Crippen molar-refractivity contribution in [2.45, 2.75) is 25.0 Å². The first kappa shape index (κ1) is 12.8. The van der Waals surface area contributed by atoms with E-state index >= 15 is 0 Å². The minimum Gasteiger partial charge on any atom is -0.493 e. The van der Waals surface area contributed by atoms with Gasteiger partial charge in [0.25, 0.3) is 0 Å². The fourth-order valence-electron chi connectivity index (χ4n) is 2.66. The van der Waals surface area contributed by atoms with Crippen molar-refractivity contribution in [2.24, 2.45) is 5.92 Å². The predicted molar refractivity (Wildman–Crippen MR) is 72.8 cm³/mol. The zero-order valence-corrected chi connectivity index (χ0v) is 11.5. The molecule has 0 bridgehead atoms. The number of ether oxygens (including phenoxy) is 3. The van der Waals surface area contributed by atoms with Gasteiger partial charge in [-0.25, -0.2) is 0 Å². The summed E-state index contributed by atoms with van der Waals surface area (Å²) in [5, 5.41) is 3.47. The highest BCUT2D eigenvalue weighted by Crippen LogP contribution is 2.38. The largest absolute Gasteiger partial charge is 0.493 e. The molecule has 2 aliphatic rings. The van der Waals surface area contributed by atoms with Crippen molar-refractivity contribution in [2.75, 3.05) is 27.3 Å². The molecule has 19 heavy (non-hydrogen) atoms. The van der Waals surface area contributed by atoms with Crippen LogP contribution < -0.4 is 14.8 Å². The van der Waals surface area contributed by atoms with Crippen LogP contribution in [0.4, 0.5) is 0 Å². The van der Waals surface area contributed by atoms with E-state index in [-0.39, 0.29) is 6.10 Å². The van der Waals surface area contributed by atoms with E-state index in [0.29, 0.717) is 6.10 Å². The molecule has 1 saturated carbocycles. The summed E-state index contributed by atoms with van der Waals surface area (Å²) >= 11 is 0. The van der Waals surface area contributed by atoms with Crippen molar-refractivity contribution in [3.63, 3.8) is 0 Å². The lowest BCUT2D eigenvalue weighted by Gasteiger charge is -2.31. The lowest BCUT2D eigenvalue weighted by Crippen LogP contribution is -2.41. The van der Waals surface area contributed by atoms with Crippen LogP contribution in [-0.4, -0.2) is 33.4 Å². The lowest BCUT2D eigenvalue weighted by atomic mass is 10.1. The molecule has 4 nitrogen and oxygen atoms in total. The Labute approximate surface area is 114 Å². The minimum atomic E-state index is 0.110. The Morgan fingerprint density at radius 1 is 1.11 bits per heavy atom. The summed E-state index contributed by atoms with van der Waals surface area (Å²) in [5.74, 6) is 2.28. The summed E-state index contributed by atoms with van der Waals surface area (Å²) in [5.41, 5.74) is 1.15. The van der Waals surface area contributed by atoms with Crippen LogP contribution in [0.3, 0.4) is 0 Å². The Kier molecular flexibility index (Phi) is 3.62. The topological polar surface area (TPSA) is 39.7 Å². The number of rotatable bonds is 4. The molecule has 1 saturated heterocycles. The van der Waals surface area contributed by atoms with Crippen molar-refractivity contribution >= 4 is 0 Å². The van der Waals surface area contributed by atoms with Gasteiger partial charge in [0, 0.05) is 13.1 Å². The molecule has 0 spiro atoms. The summed E-state index contributed by atoms with van der Waals surface area (Å²) in [6.45, 7) is 1.84. The van der Waals surface area contributed by atoms with Crippen LogP contribution in [0.5, 0.6) is 11.5 Å². The molecule has 1 aliphatic carbocycles. The second-order valence-electron chi connectivity index (χ2n) is 5.27. The van der Waals surface area contributed by atoms with Gasteiger partial charge in [-0.05, 0) is 36.5 Å². The van der Waals surface area contributed by atoms with Crippen molar-refractivity contribution in [3.05, 3.63) is 23.8 Å². The van der Waals surface area contributed by atoms with Gasteiger partial charge in [-0.1, -0.05) is 6.07 Å². The molecule has 2 fully saturated rings. The third-order valence-electron chi connectivity index (χ3n) is 3.94. The van der Waals surface area contributed by atoms with E-state index in [9.17, 15) is 0 Å². The minimum absolute atomic E-state index is 0.110. The third kappa shape index (κ3) is 2.69. The fraction of sp³-hybridized carbons (Fsp3) is 0.600. The number of methoxy groups -OCH3 is 2. The number of nitrogens with one attached hydrogen (secondary N) is 1. The van der Waals surface area contributed by atoms with E-state index in [1.54, 1.807) is 14.2 Å². The van der Waals surface area contributed by atoms with Gasteiger partial charge in [0.2, 0.25) is 0 Å². The van der Waals surface area contributed by atoms with E-state index in [1.807, 2.05) is 12.1 Å². The van der Waals surface area contributed by atoms with Crippen molar-refractivity contribution in [1.29, 1.82) is 0 Å². The Hall–Kier alpha value is -1.26. The standard InChI is InChI=1S/C15H21NO3/c1-17-12-6-5-11(7-13(12)18-2)15-9-16-8-14(19-15)10-3-4-10/h5-7,10,14-16H,3-4,8-9H2,1-2H3. The van der Waals surface area contributed by atoms with E-state index in [2.05, 4.69) is 11.4 Å². The Bertz CT molecular complexity index is 445. The number of hydrogen-bond donors (Lipinski definition) is 1. The quantitative estimate of drug-likeness (QED) is 0.903. The highest BCUT2D eigenvalue weighted by molar-refractivity contribution is 5.43. The summed E-state index contributed by atoms with van der Waals surface area (Å²) in [4.78, 5) is 0. The molecule has 1 N–H and O–H groups in total. The molecular formula is C15H21NO3. The van der Waals surface area contributed by atoms with Crippen LogP contribution in [0.2, 0.25) is 0 Å². The van der Waals surface area contributed by atoms with Crippen LogP contribution in [0.1, 0.15) is 24.5 Å². The number of morpholine rings is 1. The fourth-order valence-corrected chi connectivity index (χ4v) is 2.66. The van der Waals surface area contributed by atoms with Gasteiger partial charge in [-0.3, -0.25) is 0 Å². The van der Waals surface area contributed by atoms with Crippen LogP contribution in [0, 0.1) is 5.92 Å². The van der Waals surface area contributed by atoms with Crippen molar-refractivity contribution < 1.29 is 14.2 Å². The van der Waals surface area contributed by atoms with E-state index in [4.69, 9.17) is 14.2 Å². The average molecular weight is 263 g/mol. The monoisotopic (exact) mass is 263 g/mol. The molecule has 0 aromatic heterocycles. The smallest absolute Gasteiger partial charge is 0.161 e. The SMILES string of the molecule is COc1ccc(C2CNCC(C3CC3)O2)cc1OC. The normalized spacial score (nSPS) is 27.1. The average Bonchev–Trinajstić information content (AvgIpc) is 3.31. The summed E-state index contributed by atoms with van der Waals surface area (Å²) in [7, 11) is 3.31. The summed E-state index contributed by atoms with van der Waals surface area (Å²) in [6.07, 6.45) is 3.10. The second kappa shape index (κ2) is 5.39. The maximum atomic E-state index is 6.21. The zero-order valence-electron chi connectivity index (χ0n) is 11.5. The highest BCUT2D eigenvalue weighted by Gasteiger charge is 2.36. The van der Waals surface area contributed by atoms with Gasteiger partial charge in [-0.15, -0.1) is 0 Å². The summed E-state index contributed by atoms with van der Waals surface area (Å²) < 4.78 is 16.8. The van der Waals surface area contributed by atoms with Gasteiger partial charge in [0.05, 0.1) is 26.4 Å². The van der Waals surface area contributed by atoms with Gasteiger partial charge in [0.1, 0.15) is 0 Å². The summed E-state index contributed by atoms with van der Waals surface area (Å²) in [6, 6.07) is 6.02. The molecule has 3 rings (SSSR count). The van der Waals surface area contributed by atoms with E-state index in [1.165, 1.54) is 12.8 Å². The molecule has 104 valence electrons. The first-order valence-corrected chi connectivity index (χ1v) is 6.90. The number of hydrogen-bond acceptors (Lipinski definition) is 4.